The lowest BCUT2D eigenvalue weighted by molar-refractivity contribution is 0.0684. The summed E-state index contributed by atoms with van der Waals surface area (Å²) in [7, 11) is 1.96. The summed E-state index contributed by atoms with van der Waals surface area (Å²) in [6.45, 7) is 4.93. The first-order chi connectivity index (χ1) is 9.19. The molecule has 1 aliphatic heterocycles. The van der Waals surface area contributed by atoms with Gasteiger partial charge >= 0.3 is 6.01 Å². The molecule has 106 valence electrons. The molecule has 0 aromatic carbocycles. The van der Waals surface area contributed by atoms with Gasteiger partial charge in [0.15, 0.2) is 0 Å². The fraction of sp³-hybridized carbons (Fsp3) is 0.750. The van der Waals surface area contributed by atoms with Gasteiger partial charge in [-0.3, -0.25) is 0 Å². The van der Waals surface area contributed by atoms with Crippen LogP contribution in [0.3, 0.4) is 0 Å². The molecule has 6 nitrogen and oxygen atoms in total. The van der Waals surface area contributed by atoms with Crippen molar-refractivity contribution in [2.75, 3.05) is 38.3 Å². The van der Waals surface area contributed by atoms with E-state index in [0.29, 0.717) is 18.5 Å². The molecule has 1 aromatic heterocycles. The predicted molar refractivity (Wildman–Crippen MR) is 72.8 cm³/mol. The Bertz CT molecular complexity index is 413. The minimum atomic E-state index is 0.160. The minimum absolute atomic E-state index is 0.160. The Morgan fingerprint density at radius 3 is 2.74 bits per heavy atom. The quantitative estimate of drug-likeness (QED) is 0.822. The number of hydrogen-bond donors (Lipinski definition) is 0. The lowest BCUT2D eigenvalue weighted by Crippen LogP contribution is -2.30. The summed E-state index contributed by atoms with van der Waals surface area (Å²) in [5, 5.41) is 0.160. The number of halogens is 1. The Kier molecular flexibility index (Phi) is 5.15. The summed E-state index contributed by atoms with van der Waals surface area (Å²) in [6, 6.07) is 0.274. The first kappa shape index (κ1) is 14.3. The van der Waals surface area contributed by atoms with Gasteiger partial charge in [-0.1, -0.05) is 0 Å². The van der Waals surface area contributed by atoms with Crippen LogP contribution in [0.2, 0.25) is 5.28 Å². The Morgan fingerprint density at radius 1 is 1.32 bits per heavy atom. The van der Waals surface area contributed by atoms with Crippen LogP contribution in [0.15, 0.2) is 0 Å². The molecule has 2 heterocycles. The number of hydrogen-bond acceptors (Lipinski definition) is 6. The van der Waals surface area contributed by atoms with Gasteiger partial charge in [0.05, 0.1) is 6.61 Å². The van der Waals surface area contributed by atoms with Crippen molar-refractivity contribution >= 4 is 17.5 Å². The Morgan fingerprint density at radius 2 is 2.05 bits per heavy atom. The van der Waals surface area contributed by atoms with Crippen molar-refractivity contribution in [2.24, 2.45) is 5.92 Å². The minimum Gasteiger partial charge on any atom is -0.464 e. The second-order valence-electron chi connectivity index (χ2n) is 4.56. The van der Waals surface area contributed by atoms with Crippen molar-refractivity contribution in [3.8, 4) is 6.01 Å². The van der Waals surface area contributed by atoms with Crippen LogP contribution < -0.4 is 9.64 Å². The molecule has 7 heteroatoms. The lowest BCUT2D eigenvalue weighted by atomic mass is 10.0. The molecular weight excluding hydrogens is 268 g/mol. The average Bonchev–Trinajstić information content (AvgIpc) is 2.39. The Hall–Kier alpha value is -1.14. The van der Waals surface area contributed by atoms with E-state index in [0.717, 1.165) is 32.6 Å². The third kappa shape index (κ3) is 4.18. The maximum atomic E-state index is 5.88. The molecule has 0 N–H and O–H groups in total. The number of nitrogens with zero attached hydrogens (tertiary/aromatic N) is 4. The summed E-state index contributed by atoms with van der Waals surface area (Å²) < 4.78 is 10.6. The first-order valence-electron chi connectivity index (χ1n) is 6.52. The zero-order valence-electron chi connectivity index (χ0n) is 11.3. The smallest absolute Gasteiger partial charge is 0.322 e. The highest BCUT2D eigenvalue weighted by molar-refractivity contribution is 6.28. The van der Waals surface area contributed by atoms with Gasteiger partial charge in [0, 0.05) is 26.8 Å². The van der Waals surface area contributed by atoms with Gasteiger partial charge in [0.1, 0.15) is 0 Å². The van der Waals surface area contributed by atoms with Crippen LogP contribution in [0.1, 0.15) is 19.8 Å². The van der Waals surface area contributed by atoms with Gasteiger partial charge in [-0.15, -0.1) is 0 Å². The molecule has 0 aliphatic carbocycles. The van der Waals surface area contributed by atoms with E-state index in [-0.39, 0.29) is 11.3 Å². The van der Waals surface area contributed by atoms with Crippen molar-refractivity contribution in [3.05, 3.63) is 5.28 Å². The summed E-state index contributed by atoms with van der Waals surface area (Å²) in [5.74, 6) is 1.15. The van der Waals surface area contributed by atoms with Crippen LogP contribution in [-0.4, -0.2) is 48.4 Å². The summed E-state index contributed by atoms with van der Waals surface area (Å²) >= 11 is 5.88. The van der Waals surface area contributed by atoms with Crippen molar-refractivity contribution < 1.29 is 9.47 Å². The fourth-order valence-electron chi connectivity index (χ4n) is 2.08. The Labute approximate surface area is 118 Å². The highest BCUT2D eigenvalue weighted by Crippen LogP contribution is 2.19. The van der Waals surface area contributed by atoms with Crippen molar-refractivity contribution in [1.29, 1.82) is 0 Å². The molecular formula is C12H19ClN4O2. The molecule has 1 aliphatic rings. The van der Waals surface area contributed by atoms with E-state index in [2.05, 4.69) is 15.0 Å². The van der Waals surface area contributed by atoms with Gasteiger partial charge in [-0.05, 0) is 37.3 Å². The van der Waals surface area contributed by atoms with Crippen molar-refractivity contribution in [2.45, 2.75) is 19.8 Å². The predicted octanol–water partition coefficient (Wildman–Crippen LogP) is 1.79. The normalized spacial score (nSPS) is 16.4. The Balaban J connectivity index is 2.02. The van der Waals surface area contributed by atoms with E-state index in [4.69, 9.17) is 21.1 Å². The largest absolute Gasteiger partial charge is 0.464 e. The molecule has 0 bridgehead atoms. The second kappa shape index (κ2) is 6.86. The molecule has 0 radical (unpaired) electrons. The van der Waals surface area contributed by atoms with Crippen LogP contribution in [0.25, 0.3) is 0 Å². The second-order valence-corrected chi connectivity index (χ2v) is 4.89. The molecule has 19 heavy (non-hydrogen) atoms. The van der Waals surface area contributed by atoms with Gasteiger partial charge in [0.2, 0.25) is 11.2 Å². The molecule has 1 aromatic rings. The fourth-order valence-corrected chi connectivity index (χ4v) is 2.23. The standard InChI is InChI=1S/C12H19ClN4O2/c1-3-19-12-15-10(13)14-11(16-12)17(2)8-9-4-6-18-7-5-9/h9H,3-8H2,1-2H3. The van der Waals surface area contributed by atoms with E-state index in [9.17, 15) is 0 Å². The monoisotopic (exact) mass is 286 g/mol. The maximum Gasteiger partial charge on any atom is 0.322 e. The number of rotatable bonds is 5. The van der Waals surface area contributed by atoms with Crippen LogP contribution in [0.5, 0.6) is 6.01 Å². The molecule has 2 rings (SSSR count). The van der Waals surface area contributed by atoms with Gasteiger partial charge in [0.25, 0.3) is 0 Å². The van der Waals surface area contributed by atoms with E-state index in [1.165, 1.54) is 0 Å². The summed E-state index contributed by atoms with van der Waals surface area (Å²) in [6.07, 6.45) is 2.14. The third-order valence-corrected chi connectivity index (χ3v) is 3.23. The summed E-state index contributed by atoms with van der Waals surface area (Å²) in [5.41, 5.74) is 0. The molecule has 0 unspecified atom stereocenters. The zero-order chi connectivity index (χ0) is 13.7. The molecule has 0 amide bonds. The van der Waals surface area contributed by atoms with E-state index < -0.39 is 0 Å². The molecule has 1 fully saturated rings. The van der Waals surface area contributed by atoms with Gasteiger partial charge in [-0.2, -0.15) is 15.0 Å². The van der Waals surface area contributed by atoms with Gasteiger partial charge < -0.3 is 14.4 Å². The van der Waals surface area contributed by atoms with Crippen LogP contribution in [-0.2, 0) is 4.74 Å². The van der Waals surface area contributed by atoms with Gasteiger partial charge in [-0.25, -0.2) is 0 Å². The van der Waals surface area contributed by atoms with Crippen molar-refractivity contribution in [3.63, 3.8) is 0 Å². The number of anilines is 1. The highest BCUT2D eigenvalue weighted by atomic mass is 35.5. The third-order valence-electron chi connectivity index (χ3n) is 3.06. The van der Waals surface area contributed by atoms with E-state index in [1.54, 1.807) is 0 Å². The summed E-state index contributed by atoms with van der Waals surface area (Å²) in [4.78, 5) is 14.3. The molecule has 1 saturated heterocycles. The molecule has 0 spiro atoms. The van der Waals surface area contributed by atoms with Crippen LogP contribution >= 0.6 is 11.6 Å². The molecule has 0 atom stereocenters. The first-order valence-corrected chi connectivity index (χ1v) is 6.90. The molecule has 0 saturated carbocycles. The van der Waals surface area contributed by atoms with Crippen LogP contribution in [0, 0.1) is 5.92 Å². The zero-order valence-corrected chi connectivity index (χ0v) is 12.1. The average molecular weight is 287 g/mol. The maximum absolute atomic E-state index is 5.88. The number of ether oxygens (including phenoxy) is 2. The lowest BCUT2D eigenvalue weighted by Gasteiger charge is -2.27. The van der Waals surface area contributed by atoms with Crippen molar-refractivity contribution in [1.82, 2.24) is 15.0 Å². The van der Waals surface area contributed by atoms with E-state index >= 15 is 0 Å². The highest BCUT2D eigenvalue weighted by Gasteiger charge is 2.18. The number of aromatic nitrogens is 3. The topological polar surface area (TPSA) is 60.4 Å². The SMILES string of the molecule is CCOc1nc(Cl)nc(N(C)CC2CCOCC2)n1. The van der Waals surface area contributed by atoms with E-state index in [1.807, 2.05) is 18.9 Å². The van der Waals surface area contributed by atoms with Crippen LogP contribution in [0.4, 0.5) is 5.95 Å².